The molecule has 5 rings (SSSR count). The molecule has 3 aromatic heterocycles. The van der Waals surface area contributed by atoms with Crippen LogP contribution in [0, 0.1) is 12.8 Å². The minimum atomic E-state index is -0.220. The summed E-state index contributed by atoms with van der Waals surface area (Å²) in [6.45, 7) is 3.89. The molecule has 1 fully saturated rings. The van der Waals surface area contributed by atoms with Crippen LogP contribution >= 0.6 is 0 Å². The predicted molar refractivity (Wildman–Crippen MR) is 118 cm³/mol. The van der Waals surface area contributed by atoms with Crippen LogP contribution in [-0.4, -0.2) is 45.4 Å². The molecule has 8 heteroatoms. The summed E-state index contributed by atoms with van der Waals surface area (Å²) in [6.07, 6.45) is 5.90. The molecule has 160 valence electrons. The fourth-order valence-corrected chi connectivity index (χ4v) is 3.86. The van der Waals surface area contributed by atoms with E-state index in [1.54, 1.807) is 30.0 Å². The summed E-state index contributed by atoms with van der Waals surface area (Å²) in [6, 6.07) is 9.56. The number of nitrogens with one attached hydrogen (secondary N) is 1. The van der Waals surface area contributed by atoms with Crippen molar-refractivity contribution in [1.29, 1.82) is 0 Å². The van der Waals surface area contributed by atoms with Gasteiger partial charge in [-0.15, -0.1) is 0 Å². The third-order valence-corrected chi connectivity index (χ3v) is 5.60. The van der Waals surface area contributed by atoms with Crippen molar-refractivity contribution in [2.75, 3.05) is 25.6 Å². The average molecular weight is 419 g/mol. The van der Waals surface area contributed by atoms with E-state index in [9.17, 15) is 4.79 Å². The number of amides is 1. The number of aryl methyl sites for hydroxylation is 1. The highest BCUT2D eigenvalue weighted by Gasteiger charge is 2.24. The van der Waals surface area contributed by atoms with Gasteiger partial charge < -0.3 is 14.8 Å². The fourth-order valence-electron chi connectivity index (χ4n) is 3.86. The predicted octanol–water partition coefficient (Wildman–Crippen LogP) is 3.68. The van der Waals surface area contributed by atoms with Crippen LogP contribution in [0.2, 0.25) is 0 Å². The molecule has 0 bridgehead atoms. The van der Waals surface area contributed by atoms with Crippen molar-refractivity contribution in [3.05, 3.63) is 54.1 Å². The van der Waals surface area contributed by atoms with Crippen molar-refractivity contribution in [1.82, 2.24) is 19.2 Å². The van der Waals surface area contributed by atoms with Gasteiger partial charge in [-0.2, -0.15) is 5.10 Å². The van der Waals surface area contributed by atoms with Crippen LogP contribution in [0.3, 0.4) is 0 Å². The van der Waals surface area contributed by atoms with Gasteiger partial charge in [-0.05, 0) is 43.9 Å². The molecule has 1 amide bonds. The Morgan fingerprint density at radius 2 is 2.13 bits per heavy atom. The minimum absolute atomic E-state index is 0.220. The molecule has 4 aromatic rings. The molecule has 3 heterocycles. The van der Waals surface area contributed by atoms with Crippen LogP contribution in [-0.2, 0) is 11.3 Å². The Bertz CT molecular complexity index is 1260. The molecule has 0 unspecified atom stereocenters. The summed E-state index contributed by atoms with van der Waals surface area (Å²) < 4.78 is 14.4. The van der Waals surface area contributed by atoms with E-state index in [4.69, 9.17) is 14.6 Å². The molecular formula is C23H25N5O3. The SMILES string of the molecule is COCCOc1ccn2c(C(=O)Nc3cccc4c3c(C)nn4CC3CC3)cnc2c1. The van der Waals surface area contributed by atoms with Crippen molar-refractivity contribution in [2.24, 2.45) is 5.92 Å². The minimum Gasteiger partial charge on any atom is -0.491 e. The first-order valence-electron chi connectivity index (χ1n) is 10.5. The van der Waals surface area contributed by atoms with E-state index in [0.29, 0.717) is 30.3 Å². The number of benzene rings is 1. The van der Waals surface area contributed by atoms with Gasteiger partial charge in [-0.25, -0.2) is 4.98 Å². The number of nitrogens with zero attached hydrogens (tertiary/aromatic N) is 4. The molecule has 1 aromatic carbocycles. The number of hydrogen-bond donors (Lipinski definition) is 1. The summed E-state index contributed by atoms with van der Waals surface area (Å²) in [5.41, 5.74) is 3.84. The highest BCUT2D eigenvalue weighted by Crippen LogP contribution is 2.33. The number of carbonyl (C=O) groups is 1. The Kier molecular flexibility index (Phi) is 5.07. The molecule has 31 heavy (non-hydrogen) atoms. The first kappa shape index (κ1) is 19.6. The van der Waals surface area contributed by atoms with E-state index in [1.807, 2.05) is 25.1 Å². The van der Waals surface area contributed by atoms with Crippen LogP contribution < -0.4 is 10.1 Å². The quantitative estimate of drug-likeness (QED) is 0.441. The van der Waals surface area contributed by atoms with Crippen molar-refractivity contribution < 1.29 is 14.3 Å². The number of hydrogen-bond acceptors (Lipinski definition) is 5. The average Bonchev–Trinajstić information content (AvgIpc) is 3.39. The molecule has 0 spiro atoms. The first-order chi connectivity index (χ1) is 15.1. The van der Waals surface area contributed by atoms with Gasteiger partial charge in [0.05, 0.1) is 29.7 Å². The van der Waals surface area contributed by atoms with Crippen molar-refractivity contribution in [3.8, 4) is 5.75 Å². The lowest BCUT2D eigenvalue weighted by atomic mass is 10.1. The van der Waals surface area contributed by atoms with Gasteiger partial charge in [0.2, 0.25) is 0 Å². The molecule has 1 aliphatic carbocycles. The summed E-state index contributed by atoms with van der Waals surface area (Å²) in [5.74, 6) is 1.19. The number of imidazole rings is 1. The zero-order chi connectivity index (χ0) is 21.4. The van der Waals surface area contributed by atoms with Crippen LogP contribution in [0.5, 0.6) is 5.75 Å². The Morgan fingerprint density at radius 3 is 2.94 bits per heavy atom. The third kappa shape index (κ3) is 3.86. The van der Waals surface area contributed by atoms with E-state index < -0.39 is 0 Å². The number of anilines is 1. The molecular weight excluding hydrogens is 394 g/mol. The zero-order valence-corrected chi connectivity index (χ0v) is 17.7. The summed E-state index contributed by atoms with van der Waals surface area (Å²) in [5, 5.41) is 8.76. The summed E-state index contributed by atoms with van der Waals surface area (Å²) in [7, 11) is 1.63. The zero-order valence-electron chi connectivity index (χ0n) is 17.7. The summed E-state index contributed by atoms with van der Waals surface area (Å²) in [4.78, 5) is 17.5. The Labute approximate surface area is 179 Å². The largest absolute Gasteiger partial charge is 0.491 e. The number of pyridine rings is 1. The van der Waals surface area contributed by atoms with Crippen molar-refractivity contribution >= 4 is 28.1 Å². The van der Waals surface area contributed by atoms with Crippen molar-refractivity contribution in [3.63, 3.8) is 0 Å². The maximum atomic E-state index is 13.1. The summed E-state index contributed by atoms with van der Waals surface area (Å²) >= 11 is 0. The maximum Gasteiger partial charge on any atom is 0.274 e. The number of methoxy groups -OCH3 is 1. The van der Waals surface area contributed by atoms with Crippen molar-refractivity contribution in [2.45, 2.75) is 26.3 Å². The first-order valence-corrected chi connectivity index (χ1v) is 10.5. The second kappa shape index (κ2) is 8.03. The van der Waals surface area contributed by atoms with Crippen LogP contribution in [0.4, 0.5) is 5.69 Å². The molecule has 1 saturated carbocycles. The van der Waals surface area contributed by atoms with Gasteiger partial charge in [0, 0.05) is 31.3 Å². The van der Waals surface area contributed by atoms with E-state index >= 15 is 0 Å². The fraction of sp³-hybridized carbons (Fsp3) is 0.348. The molecule has 0 atom stereocenters. The molecule has 0 saturated heterocycles. The number of rotatable bonds is 8. The third-order valence-electron chi connectivity index (χ3n) is 5.60. The lowest BCUT2D eigenvalue weighted by Gasteiger charge is -2.09. The number of ether oxygens (including phenoxy) is 2. The standard InChI is InChI=1S/C23H25N5O3/c1-15-22-18(4-3-5-19(22)28(26-15)14-16-6-7-16)25-23(29)20-13-24-21-12-17(8-9-27(20)21)31-11-10-30-2/h3-5,8-9,12-13,16H,6-7,10-11,14H2,1-2H3,(H,25,29). The maximum absolute atomic E-state index is 13.1. The van der Waals surface area contributed by atoms with E-state index in [1.165, 1.54) is 12.8 Å². The topological polar surface area (TPSA) is 82.7 Å². The molecule has 1 N–H and O–H groups in total. The van der Waals surface area contributed by atoms with E-state index in [0.717, 1.165) is 34.7 Å². The van der Waals surface area contributed by atoms with E-state index in [-0.39, 0.29) is 5.91 Å². The van der Waals surface area contributed by atoms with Crippen LogP contribution in [0.1, 0.15) is 29.0 Å². The lowest BCUT2D eigenvalue weighted by molar-refractivity contribution is 0.102. The van der Waals surface area contributed by atoms with Gasteiger partial charge in [0.25, 0.3) is 5.91 Å². The van der Waals surface area contributed by atoms with Gasteiger partial charge in [-0.3, -0.25) is 13.9 Å². The van der Waals surface area contributed by atoms with Crippen LogP contribution in [0.25, 0.3) is 16.6 Å². The van der Waals surface area contributed by atoms with Gasteiger partial charge in [-0.1, -0.05) is 6.07 Å². The van der Waals surface area contributed by atoms with Gasteiger partial charge >= 0.3 is 0 Å². The second-order valence-electron chi connectivity index (χ2n) is 7.94. The highest BCUT2D eigenvalue weighted by molar-refractivity contribution is 6.08. The normalized spacial score (nSPS) is 13.7. The Balaban J connectivity index is 1.40. The monoisotopic (exact) mass is 419 g/mol. The highest BCUT2D eigenvalue weighted by atomic mass is 16.5. The molecule has 0 aliphatic heterocycles. The second-order valence-corrected chi connectivity index (χ2v) is 7.94. The Morgan fingerprint density at radius 1 is 1.26 bits per heavy atom. The van der Waals surface area contributed by atoms with Gasteiger partial charge in [0.1, 0.15) is 23.7 Å². The van der Waals surface area contributed by atoms with Crippen LogP contribution in [0.15, 0.2) is 42.7 Å². The number of aromatic nitrogens is 4. The number of carbonyl (C=O) groups excluding carboxylic acids is 1. The molecule has 1 aliphatic rings. The van der Waals surface area contributed by atoms with E-state index in [2.05, 4.69) is 21.0 Å². The smallest absolute Gasteiger partial charge is 0.274 e. The Hall–Kier alpha value is -3.39. The van der Waals surface area contributed by atoms with Gasteiger partial charge in [0.15, 0.2) is 0 Å². The lowest BCUT2D eigenvalue weighted by Crippen LogP contribution is -2.14. The molecule has 8 nitrogen and oxygen atoms in total. The number of fused-ring (bicyclic) bond motifs is 2. The molecule has 0 radical (unpaired) electrons.